The van der Waals surface area contributed by atoms with Gasteiger partial charge in [-0.05, 0) is 49.1 Å². The highest BCUT2D eigenvalue weighted by Gasteiger charge is 2.25. The van der Waals surface area contributed by atoms with E-state index in [1.807, 2.05) is 11.3 Å². The Morgan fingerprint density at radius 1 is 1.50 bits per heavy atom. The first kappa shape index (κ1) is 13.7. The van der Waals surface area contributed by atoms with E-state index in [0.717, 1.165) is 25.3 Å². The number of anilines is 1. The van der Waals surface area contributed by atoms with Crippen LogP contribution in [-0.4, -0.2) is 16.3 Å². The van der Waals surface area contributed by atoms with Crippen LogP contribution in [0, 0.1) is 12.8 Å². The van der Waals surface area contributed by atoms with E-state index >= 15 is 0 Å². The van der Waals surface area contributed by atoms with E-state index in [2.05, 4.69) is 48.3 Å². The molecule has 0 saturated carbocycles. The number of rotatable bonds is 4. The van der Waals surface area contributed by atoms with Crippen molar-refractivity contribution < 1.29 is 0 Å². The van der Waals surface area contributed by atoms with Gasteiger partial charge in [0.25, 0.3) is 0 Å². The molecule has 1 atom stereocenters. The zero-order valence-electron chi connectivity index (χ0n) is 12.5. The summed E-state index contributed by atoms with van der Waals surface area (Å²) < 4.78 is 2.21. The van der Waals surface area contributed by atoms with Crippen LogP contribution in [0.4, 0.5) is 5.82 Å². The van der Waals surface area contributed by atoms with Crippen molar-refractivity contribution in [1.29, 1.82) is 0 Å². The molecule has 3 heterocycles. The van der Waals surface area contributed by atoms with Crippen molar-refractivity contribution in [3.05, 3.63) is 33.6 Å². The number of fused-ring (bicyclic) bond motifs is 1. The van der Waals surface area contributed by atoms with Crippen LogP contribution in [0.25, 0.3) is 0 Å². The van der Waals surface area contributed by atoms with Gasteiger partial charge in [0.15, 0.2) is 0 Å². The van der Waals surface area contributed by atoms with Crippen LogP contribution in [0.5, 0.6) is 0 Å². The molecule has 0 aromatic carbocycles. The lowest BCUT2D eigenvalue weighted by atomic mass is 10.1. The molecule has 0 saturated heterocycles. The van der Waals surface area contributed by atoms with E-state index in [9.17, 15) is 0 Å². The molecule has 3 rings (SSSR count). The molecule has 0 amide bonds. The highest BCUT2D eigenvalue weighted by molar-refractivity contribution is 7.10. The largest absolute Gasteiger partial charge is 0.370 e. The number of thiophene rings is 1. The van der Waals surface area contributed by atoms with Gasteiger partial charge < -0.3 is 5.32 Å². The summed E-state index contributed by atoms with van der Waals surface area (Å²) in [5, 5.41) is 10.5. The lowest BCUT2D eigenvalue weighted by Crippen LogP contribution is -2.24. The highest BCUT2D eigenvalue weighted by atomic mass is 32.1. The Labute approximate surface area is 125 Å². The Morgan fingerprint density at radius 3 is 3.05 bits per heavy atom. The Hall–Kier alpha value is -1.29. The maximum atomic E-state index is 4.86. The summed E-state index contributed by atoms with van der Waals surface area (Å²) in [7, 11) is 0. The third-order valence-corrected chi connectivity index (χ3v) is 5.11. The summed E-state index contributed by atoms with van der Waals surface area (Å²) in [4.78, 5) is 1.46. The van der Waals surface area contributed by atoms with Gasteiger partial charge in [0, 0.05) is 17.5 Å². The lowest BCUT2D eigenvalue weighted by molar-refractivity contribution is 0.479. The third-order valence-electron chi connectivity index (χ3n) is 3.99. The second kappa shape index (κ2) is 5.60. The Kier molecular flexibility index (Phi) is 3.83. The van der Waals surface area contributed by atoms with Gasteiger partial charge in [-0.3, -0.25) is 0 Å². The summed E-state index contributed by atoms with van der Waals surface area (Å²) in [6.45, 7) is 7.78. The predicted molar refractivity (Wildman–Crippen MR) is 85.7 cm³/mol. The standard InChI is InChI=1S/C16H23N3S/c1-11(2)4-5-13-10-15-17-8-6-14(19(15)18-13)16-12(3)7-9-20-16/h7,9-11,14,17H,4-6,8H2,1-3H3. The Balaban J connectivity index is 1.87. The van der Waals surface area contributed by atoms with Gasteiger partial charge in [0.1, 0.15) is 5.82 Å². The van der Waals surface area contributed by atoms with Crippen molar-refractivity contribution in [3.63, 3.8) is 0 Å². The van der Waals surface area contributed by atoms with Crippen LogP contribution >= 0.6 is 11.3 Å². The maximum absolute atomic E-state index is 4.86. The van der Waals surface area contributed by atoms with Crippen LogP contribution in [0.1, 0.15) is 48.9 Å². The average molecular weight is 289 g/mol. The molecule has 1 unspecified atom stereocenters. The first-order valence-electron chi connectivity index (χ1n) is 7.51. The number of hydrogen-bond donors (Lipinski definition) is 1. The molecule has 0 radical (unpaired) electrons. The normalized spacial score (nSPS) is 18.1. The molecule has 1 aliphatic heterocycles. The smallest absolute Gasteiger partial charge is 0.125 e. The van der Waals surface area contributed by atoms with Crippen molar-refractivity contribution in [2.24, 2.45) is 5.92 Å². The Morgan fingerprint density at radius 2 is 2.35 bits per heavy atom. The SMILES string of the molecule is Cc1ccsc1C1CCNc2cc(CCC(C)C)nn21. The van der Waals surface area contributed by atoms with Crippen LogP contribution in [0.15, 0.2) is 17.5 Å². The summed E-state index contributed by atoms with van der Waals surface area (Å²) in [6.07, 6.45) is 3.41. The lowest BCUT2D eigenvalue weighted by Gasteiger charge is -2.25. The molecule has 1 aliphatic rings. The van der Waals surface area contributed by atoms with Crippen molar-refractivity contribution >= 4 is 17.2 Å². The second-order valence-electron chi connectivity index (χ2n) is 6.10. The number of aryl methyl sites for hydroxylation is 2. The van der Waals surface area contributed by atoms with E-state index in [0.29, 0.717) is 6.04 Å². The van der Waals surface area contributed by atoms with E-state index in [1.165, 1.54) is 28.4 Å². The van der Waals surface area contributed by atoms with E-state index < -0.39 is 0 Å². The zero-order valence-corrected chi connectivity index (χ0v) is 13.3. The average Bonchev–Trinajstić information content (AvgIpc) is 3.01. The van der Waals surface area contributed by atoms with Crippen molar-refractivity contribution in [3.8, 4) is 0 Å². The fourth-order valence-corrected chi connectivity index (χ4v) is 3.85. The summed E-state index contributed by atoms with van der Waals surface area (Å²) in [5.41, 5.74) is 2.62. The van der Waals surface area contributed by atoms with Crippen LogP contribution in [0.3, 0.4) is 0 Å². The second-order valence-corrected chi connectivity index (χ2v) is 7.04. The number of nitrogens with one attached hydrogen (secondary N) is 1. The van der Waals surface area contributed by atoms with Crippen molar-refractivity contribution in [2.75, 3.05) is 11.9 Å². The fraction of sp³-hybridized carbons (Fsp3) is 0.562. The molecular weight excluding hydrogens is 266 g/mol. The van der Waals surface area contributed by atoms with Crippen molar-refractivity contribution in [1.82, 2.24) is 9.78 Å². The molecule has 1 N–H and O–H groups in total. The highest BCUT2D eigenvalue weighted by Crippen LogP contribution is 2.34. The molecule has 4 heteroatoms. The fourth-order valence-electron chi connectivity index (χ4n) is 2.80. The number of hydrogen-bond acceptors (Lipinski definition) is 3. The molecule has 20 heavy (non-hydrogen) atoms. The summed E-state index contributed by atoms with van der Waals surface area (Å²) >= 11 is 1.86. The molecule has 3 nitrogen and oxygen atoms in total. The van der Waals surface area contributed by atoms with Gasteiger partial charge in [0.05, 0.1) is 11.7 Å². The van der Waals surface area contributed by atoms with Gasteiger partial charge in [-0.15, -0.1) is 11.3 Å². The first-order valence-corrected chi connectivity index (χ1v) is 8.39. The van der Waals surface area contributed by atoms with Gasteiger partial charge >= 0.3 is 0 Å². The molecule has 0 spiro atoms. The summed E-state index contributed by atoms with van der Waals surface area (Å²) in [6, 6.07) is 4.86. The summed E-state index contributed by atoms with van der Waals surface area (Å²) in [5.74, 6) is 1.92. The molecule has 108 valence electrons. The minimum absolute atomic E-state index is 0.416. The van der Waals surface area contributed by atoms with Crippen LogP contribution in [-0.2, 0) is 6.42 Å². The maximum Gasteiger partial charge on any atom is 0.125 e. The molecular formula is C16H23N3S. The van der Waals surface area contributed by atoms with Crippen LogP contribution < -0.4 is 5.32 Å². The monoisotopic (exact) mass is 289 g/mol. The molecule has 2 aromatic heterocycles. The van der Waals surface area contributed by atoms with Gasteiger partial charge in [-0.2, -0.15) is 5.10 Å². The third kappa shape index (κ3) is 2.62. The quantitative estimate of drug-likeness (QED) is 0.912. The predicted octanol–water partition coefficient (Wildman–Crippen LogP) is 4.25. The molecule has 0 bridgehead atoms. The van der Waals surface area contributed by atoms with E-state index in [-0.39, 0.29) is 0 Å². The number of nitrogens with zero attached hydrogens (tertiary/aromatic N) is 2. The number of aromatic nitrogens is 2. The molecule has 2 aromatic rings. The molecule has 0 aliphatic carbocycles. The topological polar surface area (TPSA) is 29.9 Å². The van der Waals surface area contributed by atoms with Crippen molar-refractivity contribution in [2.45, 2.75) is 46.1 Å². The van der Waals surface area contributed by atoms with E-state index in [1.54, 1.807) is 0 Å². The zero-order chi connectivity index (χ0) is 14.1. The van der Waals surface area contributed by atoms with Gasteiger partial charge in [-0.25, -0.2) is 4.68 Å². The van der Waals surface area contributed by atoms with Gasteiger partial charge in [0.2, 0.25) is 0 Å². The Bertz CT molecular complexity index is 582. The first-order chi connectivity index (χ1) is 9.65. The van der Waals surface area contributed by atoms with Crippen LogP contribution in [0.2, 0.25) is 0 Å². The minimum atomic E-state index is 0.416. The minimum Gasteiger partial charge on any atom is -0.370 e. The van der Waals surface area contributed by atoms with E-state index in [4.69, 9.17) is 5.10 Å². The molecule has 0 fully saturated rings. The van der Waals surface area contributed by atoms with Gasteiger partial charge in [-0.1, -0.05) is 13.8 Å².